The van der Waals surface area contributed by atoms with Crippen molar-refractivity contribution >= 4 is 23.0 Å². The molecule has 0 saturated carbocycles. The molecule has 6 rings (SSSR count). The third-order valence-electron chi connectivity index (χ3n) is 6.14. The number of para-hydroxylation sites is 4. The van der Waals surface area contributed by atoms with E-state index >= 15 is 0 Å². The van der Waals surface area contributed by atoms with E-state index in [-0.39, 0.29) is 12.5 Å². The molecule has 176 valence electrons. The van der Waals surface area contributed by atoms with Gasteiger partial charge in [0.25, 0.3) is 5.91 Å². The minimum absolute atomic E-state index is 0.126. The van der Waals surface area contributed by atoms with Crippen molar-refractivity contribution in [3.05, 3.63) is 115 Å². The monoisotopic (exact) mass is 473 g/mol. The summed E-state index contributed by atoms with van der Waals surface area (Å²) in [6.07, 6.45) is 0.927. The smallest absolute Gasteiger partial charge is 0.284 e. The number of aromatic nitrogens is 1. The van der Waals surface area contributed by atoms with Gasteiger partial charge in [0.1, 0.15) is 6.61 Å². The fraction of sp³-hybridized carbons (Fsp3) is 0.0667. The standard InChI is InChI=1S/C30H23N3O3/c34-30(28-20-35-26-17-9-10-18-27(26)36-28)32-31-19-24-23-15-7-8-16-25(23)33(22-13-5-2-6-14-22)29(24)21-11-3-1-4-12-21/h1-19,28H,20H2,(H,32,34). The predicted molar refractivity (Wildman–Crippen MR) is 141 cm³/mol. The quantitative estimate of drug-likeness (QED) is 0.267. The van der Waals surface area contributed by atoms with Gasteiger partial charge in [-0.25, -0.2) is 5.43 Å². The molecular weight excluding hydrogens is 450 g/mol. The van der Waals surface area contributed by atoms with Crippen LogP contribution in [0.15, 0.2) is 114 Å². The van der Waals surface area contributed by atoms with E-state index in [0.29, 0.717) is 11.5 Å². The Morgan fingerprint density at radius 1 is 0.833 bits per heavy atom. The van der Waals surface area contributed by atoms with Crippen molar-refractivity contribution in [3.63, 3.8) is 0 Å². The maximum Gasteiger partial charge on any atom is 0.284 e. The molecule has 1 aromatic heterocycles. The molecule has 1 aliphatic heterocycles. The van der Waals surface area contributed by atoms with E-state index in [1.165, 1.54) is 0 Å². The van der Waals surface area contributed by atoms with Gasteiger partial charge in [-0.15, -0.1) is 0 Å². The molecule has 1 aliphatic rings. The van der Waals surface area contributed by atoms with Crippen LogP contribution in [0.3, 0.4) is 0 Å². The zero-order valence-electron chi connectivity index (χ0n) is 19.4. The summed E-state index contributed by atoms with van der Waals surface area (Å²) in [7, 11) is 0. The van der Waals surface area contributed by atoms with Crippen LogP contribution in [0.5, 0.6) is 11.5 Å². The first-order valence-corrected chi connectivity index (χ1v) is 11.8. The van der Waals surface area contributed by atoms with Crippen molar-refractivity contribution in [1.29, 1.82) is 0 Å². The maximum absolute atomic E-state index is 12.8. The second kappa shape index (κ2) is 9.43. The van der Waals surface area contributed by atoms with E-state index in [9.17, 15) is 4.79 Å². The maximum atomic E-state index is 12.8. The second-order valence-corrected chi connectivity index (χ2v) is 8.41. The highest BCUT2D eigenvalue weighted by Gasteiger charge is 2.27. The topological polar surface area (TPSA) is 64.9 Å². The Morgan fingerprint density at radius 3 is 2.31 bits per heavy atom. The van der Waals surface area contributed by atoms with E-state index in [1.807, 2.05) is 66.7 Å². The summed E-state index contributed by atoms with van der Waals surface area (Å²) in [5.41, 5.74) is 7.69. The predicted octanol–water partition coefficient (Wildman–Crippen LogP) is 5.59. The minimum Gasteiger partial charge on any atom is -0.485 e. The Labute approximate surface area is 208 Å². The first kappa shape index (κ1) is 21.7. The van der Waals surface area contributed by atoms with Crippen LogP contribution in [0.2, 0.25) is 0 Å². The summed E-state index contributed by atoms with van der Waals surface area (Å²) in [4.78, 5) is 12.8. The van der Waals surface area contributed by atoms with Crippen LogP contribution in [0, 0.1) is 0 Å². The fourth-order valence-electron chi connectivity index (χ4n) is 4.50. The summed E-state index contributed by atoms with van der Waals surface area (Å²) < 4.78 is 13.7. The van der Waals surface area contributed by atoms with Gasteiger partial charge in [0.05, 0.1) is 17.4 Å². The van der Waals surface area contributed by atoms with Crippen LogP contribution in [-0.2, 0) is 4.79 Å². The highest BCUT2D eigenvalue weighted by Crippen LogP contribution is 2.35. The van der Waals surface area contributed by atoms with Crippen molar-refractivity contribution in [3.8, 4) is 28.4 Å². The number of carbonyl (C=O) groups is 1. The van der Waals surface area contributed by atoms with Crippen molar-refractivity contribution in [2.24, 2.45) is 5.10 Å². The lowest BCUT2D eigenvalue weighted by Crippen LogP contribution is -2.42. The number of nitrogens with one attached hydrogen (secondary N) is 1. The van der Waals surface area contributed by atoms with Crippen LogP contribution >= 0.6 is 0 Å². The second-order valence-electron chi connectivity index (χ2n) is 8.41. The zero-order valence-corrected chi connectivity index (χ0v) is 19.4. The van der Waals surface area contributed by atoms with E-state index in [4.69, 9.17) is 9.47 Å². The number of nitrogens with zero attached hydrogens (tertiary/aromatic N) is 2. The van der Waals surface area contributed by atoms with Crippen molar-refractivity contribution in [2.75, 3.05) is 6.61 Å². The van der Waals surface area contributed by atoms with Crippen LogP contribution in [0.4, 0.5) is 0 Å². The number of hydrazone groups is 1. The molecule has 4 aromatic carbocycles. The molecule has 1 unspecified atom stereocenters. The molecule has 1 atom stereocenters. The number of ether oxygens (including phenoxy) is 2. The van der Waals surface area contributed by atoms with Crippen molar-refractivity contribution < 1.29 is 14.3 Å². The molecule has 0 aliphatic carbocycles. The normalized spacial score (nSPS) is 14.7. The molecule has 2 heterocycles. The number of benzene rings is 4. The summed E-state index contributed by atoms with van der Waals surface area (Å²) in [5.74, 6) is 0.810. The summed E-state index contributed by atoms with van der Waals surface area (Å²) in [5, 5.41) is 5.37. The Balaban J connectivity index is 1.37. The van der Waals surface area contributed by atoms with E-state index < -0.39 is 6.10 Å². The molecule has 1 N–H and O–H groups in total. The Kier molecular flexibility index (Phi) is 5.68. The number of carbonyl (C=O) groups excluding carboxylic acids is 1. The van der Waals surface area contributed by atoms with E-state index in [0.717, 1.165) is 33.4 Å². The van der Waals surface area contributed by atoms with E-state index in [2.05, 4.69) is 51.5 Å². The molecule has 0 radical (unpaired) electrons. The largest absolute Gasteiger partial charge is 0.485 e. The number of hydrogen-bond donors (Lipinski definition) is 1. The Morgan fingerprint density at radius 2 is 1.50 bits per heavy atom. The Hall–Kier alpha value is -4.84. The molecule has 1 amide bonds. The molecule has 0 fully saturated rings. The summed E-state index contributed by atoms with van der Waals surface area (Å²) in [6, 6.07) is 35.9. The number of amides is 1. The molecule has 6 heteroatoms. The highest BCUT2D eigenvalue weighted by molar-refractivity contribution is 6.07. The van der Waals surface area contributed by atoms with Crippen LogP contribution in [-0.4, -0.2) is 29.4 Å². The molecule has 6 nitrogen and oxygen atoms in total. The van der Waals surface area contributed by atoms with Gasteiger partial charge < -0.3 is 14.0 Å². The molecule has 36 heavy (non-hydrogen) atoms. The van der Waals surface area contributed by atoms with E-state index in [1.54, 1.807) is 12.3 Å². The van der Waals surface area contributed by atoms with Gasteiger partial charge in [-0.05, 0) is 35.9 Å². The molecule has 0 saturated heterocycles. The first-order valence-electron chi connectivity index (χ1n) is 11.8. The van der Waals surface area contributed by atoms with Gasteiger partial charge in [-0.1, -0.05) is 78.9 Å². The lowest BCUT2D eigenvalue weighted by Gasteiger charge is -2.24. The Bertz CT molecular complexity index is 1560. The lowest BCUT2D eigenvalue weighted by molar-refractivity contribution is -0.130. The molecular formula is C30H23N3O3. The average molecular weight is 474 g/mol. The van der Waals surface area contributed by atoms with Crippen LogP contribution in [0.1, 0.15) is 5.56 Å². The van der Waals surface area contributed by atoms with Crippen LogP contribution < -0.4 is 14.9 Å². The molecule has 5 aromatic rings. The fourth-order valence-corrected chi connectivity index (χ4v) is 4.50. The minimum atomic E-state index is -0.781. The SMILES string of the molecule is O=C(NN=Cc1c(-c2ccccc2)n(-c2ccccc2)c2ccccc12)C1COc2ccccc2O1. The highest BCUT2D eigenvalue weighted by atomic mass is 16.6. The number of fused-ring (bicyclic) bond motifs is 2. The van der Waals surface area contributed by atoms with Crippen molar-refractivity contribution in [1.82, 2.24) is 9.99 Å². The van der Waals surface area contributed by atoms with Gasteiger partial charge in [-0.3, -0.25) is 4.79 Å². The zero-order chi connectivity index (χ0) is 24.3. The first-order chi connectivity index (χ1) is 17.8. The average Bonchev–Trinajstić information content (AvgIpc) is 3.28. The number of rotatable bonds is 5. The van der Waals surface area contributed by atoms with Crippen molar-refractivity contribution in [2.45, 2.75) is 6.10 Å². The van der Waals surface area contributed by atoms with Gasteiger partial charge >= 0.3 is 0 Å². The number of hydrogen-bond acceptors (Lipinski definition) is 4. The van der Waals surface area contributed by atoms with Gasteiger partial charge in [0, 0.05) is 16.6 Å². The molecule has 0 spiro atoms. The molecule has 0 bridgehead atoms. The van der Waals surface area contributed by atoms with Gasteiger partial charge in [0.15, 0.2) is 11.5 Å². The lowest BCUT2D eigenvalue weighted by atomic mass is 10.1. The third kappa shape index (κ3) is 3.99. The van der Waals surface area contributed by atoms with Crippen LogP contribution in [0.25, 0.3) is 27.8 Å². The van der Waals surface area contributed by atoms with Gasteiger partial charge in [-0.2, -0.15) is 5.10 Å². The third-order valence-corrected chi connectivity index (χ3v) is 6.14. The summed E-state index contributed by atoms with van der Waals surface area (Å²) >= 11 is 0. The summed E-state index contributed by atoms with van der Waals surface area (Å²) in [6.45, 7) is 0.126. The van der Waals surface area contributed by atoms with Gasteiger partial charge in [0.2, 0.25) is 6.10 Å².